The lowest BCUT2D eigenvalue weighted by Crippen LogP contribution is -2.48. The fourth-order valence-electron chi connectivity index (χ4n) is 6.57. The Morgan fingerprint density at radius 1 is 1.00 bits per heavy atom. The number of carbonyl (C=O) groups is 3. The second-order valence-electron chi connectivity index (χ2n) is 11.2. The van der Waals surface area contributed by atoms with Crippen LogP contribution in [0.4, 0.5) is 23.2 Å². The van der Waals surface area contributed by atoms with Crippen molar-refractivity contribution in [1.29, 1.82) is 0 Å². The number of nitrogens with zero attached hydrogens (tertiary/aromatic N) is 1. The van der Waals surface area contributed by atoms with Gasteiger partial charge in [0.05, 0.1) is 30.6 Å². The molecule has 4 atom stereocenters. The second-order valence-corrected chi connectivity index (χ2v) is 11.2. The van der Waals surface area contributed by atoms with E-state index < -0.39 is 59.5 Å². The minimum Gasteiger partial charge on any atom is -0.496 e. The summed E-state index contributed by atoms with van der Waals surface area (Å²) in [6, 6.07) is 3.72. The van der Waals surface area contributed by atoms with Crippen LogP contribution in [0.2, 0.25) is 0 Å². The molecule has 13 heteroatoms. The van der Waals surface area contributed by atoms with Crippen molar-refractivity contribution in [2.75, 3.05) is 12.4 Å². The molecule has 1 aromatic carbocycles. The number of aromatic nitrogens is 1. The largest absolute Gasteiger partial charge is 0.496 e. The van der Waals surface area contributed by atoms with E-state index in [9.17, 15) is 37.1 Å². The van der Waals surface area contributed by atoms with E-state index in [2.05, 4.69) is 15.6 Å². The summed E-state index contributed by atoms with van der Waals surface area (Å²) in [4.78, 5) is 41.4. The Morgan fingerprint density at radius 2 is 1.71 bits per heavy atom. The number of halogens is 4. The van der Waals surface area contributed by atoms with E-state index in [4.69, 9.17) is 9.47 Å². The molecular formula is C29H31F4N3O6. The number of aliphatic carboxylic acids is 1. The standard InChI is InChI=1S/C29H31F4N3O6/c1-41-21-13-20(30)22(42-18-6-4-14(5-7-18)28(39)40)12-19(21)26(37)36-25-16-3-2-15(10-16)24(25)27(38)35-17-8-9-34-23(11-17)29(31,32)33/h8-9,11-16,18,24-25H,2-7,10H2,1H3,(H,36,37)(H,39,40)(H,34,35,38)/t14?,15-,16+,18?,24+,25-/m1/s1. The number of amides is 2. The molecule has 0 aliphatic heterocycles. The van der Waals surface area contributed by atoms with Gasteiger partial charge in [-0.3, -0.25) is 19.4 Å². The molecule has 1 aromatic heterocycles. The number of ether oxygens (including phenoxy) is 2. The number of methoxy groups -OCH3 is 1. The number of benzene rings is 1. The number of carbonyl (C=O) groups excluding carboxylic acids is 2. The summed E-state index contributed by atoms with van der Waals surface area (Å²) in [6.07, 6.45) is -0.255. The van der Waals surface area contributed by atoms with E-state index in [0.717, 1.165) is 31.2 Å². The lowest BCUT2D eigenvalue weighted by molar-refractivity contribution is -0.143. The van der Waals surface area contributed by atoms with Crippen LogP contribution < -0.4 is 20.1 Å². The van der Waals surface area contributed by atoms with Crippen molar-refractivity contribution < 1.29 is 46.5 Å². The molecule has 226 valence electrons. The van der Waals surface area contributed by atoms with Gasteiger partial charge in [-0.25, -0.2) is 4.39 Å². The van der Waals surface area contributed by atoms with Crippen LogP contribution in [0.25, 0.3) is 0 Å². The average Bonchev–Trinajstić information content (AvgIpc) is 3.56. The van der Waals surface area contributed by atoms with Gasteiger partial charge in [0.25, 0.3) is 5.91 Å². The van der Waals surface area contributed by atoms with Gasteiger partial charge in [-0.15, -0.1) is 0 Å². The maximum Gasteiger partial charge on any atom is 0.433 e. The molecule has 0 saturated heterocycles. The highest BCUT2D eigenvalue weighted by Crippen LogP contribution is 2.49. The number of fused-ring (bicyclic) bond motifs is 2. The molecule has 3 aliphatic carbocycles. The van der Waals surface area contributed by atoms with Crippen LogP contribution in [0.5, 0.6) is 11.5 Å². The average molecular weight is 594 g/mol. The Kier molecular flexibility index (Phi) is 8.29. The molecule has 42 heavy (non-hydrogen) atoms. The summed E-state index contributed by atoms with van der Waals surface area (Å²) in [7, 11) is 1.29. The van der Waals surface area contributed by atoms with Gasteiger partial charge in [0.1, 0.15) is 11.4 Å². The highest BCUT2D eigenvalue weighted by atomic mass is 19.4. The molecule has 3 N–H and O–H groups in total. The fourth-order valence-corrected chi connectivity index (χ4v) is 6.57. The molecular weight excluding hydrogens is 562 g/mol. The van der Waals surface area contributed by atoms with E-state index in [0.29, 0.717) is 32.1 Å². The molecule has 0 radical (unpaired) electrons. The van der Waals surface area contributed by atoms with E-state index in [-0.39, 0.29) is 34.6 Å². The minimum absolute atomic E-state index is 0.000920. The smallest absolute Gasteiger partial charge is 0.433 e. The first-order chi connectivity index (χ1) is 19.9. The van der Waals surface area contributed by atoms with Gasteiger partial charge in [0.15, 0.2) is 11.6 Å². The van der Waals surface area contributed by atoms with Crippen LogP contribution in [0.15, 0.2) is 30.5 Å². The normalized spacial score (nSPS) is 26.9. The Hall–Kier alpha value is -3.90. The van der Waals surface area contributed by atoms with Crippen LogP contribution >= 0.6 is 0 Å². The summed E-state index contributed by atoms with van der Waals surface area (Å²) >= 11 is 0. The van der Waals surface area contributed by atoms with Crippen LogP contribution in [-0.4, -0.2) is 47.1 Å². The Morgan fingerprint density at radius 3 is 2.38 bits per heavy atom. The van der Waals surface area contributed by atoms with Gasteiger partial charge in [-0.05, 0) is 75.0 Å². The van der Waals surface area contributed by atoms with E-state index in [1.54, 1.807) is 0 Å². The molecule has 0 unspecified atom stereocenters. The van der Waals surface area contributed by atoms with Crippen LogP contribution in [0.3, 0.4) is 0 Å². The number of pyridine rings is 1. The molecule has 2 bridgehead atoms. The van der Waals surface area contributed by atoms with E-state index >= 15 is 0 Å². The van der Waals surface area contributed by atoms with Gasteiger partial charge in [0, 0.05) is 24.0 Å². The lowest BCUT2D eigenvalue weighted by Gasteiger charge is -2.31. The fraction of sp³-hybridized carbons (Fsp3) is 0.517. The highest BCUT2D eigenvalue weighted by Gasteiger charge is 2.51. The van der Waals surface area contributed by atoms with Gasteiger partial charge < -0.3 is 25.2 Å². The Balaban J connectivity index is 1.31. The summed E-state index contributed by atoms with van der Waals surface area (Å²) in [5, 5.41) is 14.7. The minimum atomic E-state index is -4.67. The van der Waals surface area contributed by atoms with E-state index in [1.807, 2.05) is 0 Å². The Labute approximate surface area is 239 Å². The first-order valence-corrected chi connectivity index (χ1v) is 13.9. The summed E-state index contributed by atoms with van der Waals surface area (Å²) in [5.41, 5.74) is -1.18. The number of hydrogen-bond donors (Lipinski definition) is 3. The quantitative estimate of drug-likeness (QED) is 0.366. The third kappa shape index (κ3) is 6.14. The molecule has 3 fully saturated rings. The van der Waals surface area contributed by atoms with Crippen molar-refractivity contribution in [3.8, 4) is 11.5 Å². The van der Waals surface area contributed by atoms with Gasteiger partial charge in [-0.1, -0.05) is 0 Å². The second kappa shape index (κ2) is 11.8. The zero-order valence-corrected chi connectivity index (χ0v) is 22.7. The number of alkyl halides is 3. The first kappa shape index (κ1) is 29.6. The molecule has 1 heterocycles. The van der Waals surface area contributed by atoms with Gasteiger partial charge >= 0.3 is 12.1 Å². The molecule has 9 nitrogen and oxygen atoms in total. The molecule has 3 saturated carbocycles. The number of rotatable bonds is 8. The third-order valence-electron chi connectivity index (χ3n) is 8.65. The number of carboxylic acids is 1. The number of hydrogen-bond acceptors (Lipinski definition) is 6. The third-order valence-corrected chi connectivity index (χ3v) is 8.65. The van der Waals surface area contributed by atoms with Gasteiger partial charge in [-0.2, -0.15) is 13.2 Å². The molecule has 5 rings (SSSR count). The maximum absolute atomic E-state index is 14.9. The topological polar surface area (TPSA) is 127 Å². The zero-order chi connectivity index (χ0) is 30.2. The van der Waals surface area contributed by atoms with Crippen molar-refractivity contribution in [2.24, 2.45) is 23.7 Å². The van der Waals surface area contributed by atoms with Gasteiger partial charge in [0.2, 0.25) is 5.91 Å². The van der Waals surface area contributed by atoms with Crippen molar-refractivity contribution in [2.45, 2.75) is 63.3 Å². The zero-order valence-electron chi connectivity index (χ0n) is 22.7. The van der Waals surface area contributed by atoms with Crippen LogP contribution in [-0.2, 0) is 15.8 Å². The first-order valence-electron chi connectivity index (χ1n) is 13.9. The summed E-state index contributed by atoms with van der Waals surface area (Å²) < 4.78 is 65.3. The Bertz CT molecular complexity index is 1360. The molecule has 3 aliphatic rings. The molecule has 2 aromatic rings. The predicted molar refractivity (Wildman–Crippen MR) is 140 cm³/mol. The monoisotopic (exact) mass is 593 g/mol. The van der Waals surface area contributed by atoms with E-state index in [1.165, 1.54) is 19.2 Å². The van der Waals surface area contributed by atoms with Crippen LogP contribution in [0, 0.1) is 29.5 Å². The summed E-state index contributed by atoms with van der Waals surface area (Å²) in [5.74, 6) is -4.13. The number of nitrogens with one attached hydrogen (secondary N) is 2. The lowest BCUT2D eigenvalue weighted by atomic mass is 9.83. The molecule has 0 spiro atoms. The van der Waals surface area contributed by atoms with Crippen molar-refractivity contribution in [3.63, 3.8) is 0 Å². The highest BCUT2D eigenvalue weighted by molar-refractivity contribution is 5.99. The van der Waals surface area contributed by atoms with Crippen molar-refractivity contribution in [3.05, 3.63) is 47.5 Å². The van der Waals surface area contributed by atoms with Crippen molar-refractivity contribution in [1.82, 2.24) is 10.3 Å². The maximum atomic E-state index is 14.9. The predicted octanol–water partition coefficient (Wildman–Crippen LogP) is 5.05. The molecule has 2 amide bonds. The van der Waals surface area contributed by atoms with Crippen molar-refractivity contribution >= 4 is 23.5 Å². The van der Waals surface area contributed by atoms with Crippen LogP contribution in [0.1, 0.15) is 61.0 Å². The summed E-state index contributed by atoms with van der Waals surface area (Å²) in [6.45, 7) is 0. The number of carboxylic acid groups (broad SMARTS) is 1. The number of anilines is 1. The SMILES string of the molecule is COc1cc(F)c(OC2CCC(C(=O)O)CC2)cc1C(=O)N[C@@H]1[C@H]2CC[C@H](C2)[C@@H]1C(=O)Nc1ccnc(C(F)(F)F)c1.